The Morgan fingerprint density at radius 3 is 2.10 bits per heavy atom. The van der Waals surface area contributed by atoms with E-state index < -0.39 is 37.7 Å². The van der Waals surface area contributed by atoms with Gasteiger partial charge in [0.25, 0.3) is 0 Å². The molecule has 0 fully saturated rings. The van der Waals surface area contributed by atoms with Gasteiger partial charge < -0.3 is 0 Å². The lowest BCUT2D eigenvalue weighted by molar-refractivity contribution is 0.685. The van der Waals surface area contributed by atoms with Crippen molar-refractivity contribution in [3.8, 4) is 0 Å². The van der Waals surface area contributed by atoms with Crippen LogP contribution >= 0.6 is 0 Å². The Hall–Kier alpha value is -0.780. The molecule has 1 aromatic carbocycles. The van der Waals surface area contributed by atoms with Gasteiger partial charge in [-0.25, -0.2) is 0 Å². The monoisotopic (exact) mass is 140 g/mol. The topological polar surface area (TPSA) is 0 Å². The van der Waals surface area contributed by atoms with E-state index in [4.69, 9.17) is 11.0 Å². The summed E-state index contributed by atoms with van der Waals surface area (Å²) in [7, 11) is 0. The fourth-order valence-electron chi connectivity index (χ4n) is 0.898. The zero-order valence-electron chi connectivity index (χ0n) is 13.3. The molecule has 1 aliphatic rings. The van der Waals surface area contributed by atoms with Crippen LogP contribution in [-0.2, 0) is 12.8 Å². The van der Waals surface area contributed by atoms with Crippen LogP contribution in [0.4, 0.5) is 0 Å². The molecule has 0 spiro atoms. The van der Waals surface area contributed by atoms with Crippen LogP contribution in [0.1, 0.15) is 34.9 Å². The molecule has 0 saturated carbocycles. The fraction of sp³-hybridized carbons (Fsp3) is 0.400. The minimum Gasteiger partial charge on any atom is -0.0620 e. The van der Waals surface area contributed by atoms with Crippen LogP contribution in [-0.4, -0.2) is 0 Å². The maximum atomic E-state index is 7.85. The Kier molecular flexibility index (Phi) is 0.460. The molecule has 1 aromatic rings. The van der Waals surface area contributed by atoms with Gasteiger partial charge in [-0.3, -0.25) is 0 Å². The lowest BCUT2D eigenvalue weighted by Gasteiger charge is -2.13. The molecule has 4 atom stereocenters. The molecule has 0 N–H and O–H groups in total. The maximum Gasteiger partial charge on any atom is 0.0626 e. The van der Waals surface area contributed by atoms with Crippen LogP contribution in [0, 0.1) is 0 Å². The highest BCUT2D eigenvalue weighted by Gasteiger charge is 2.05. The van der Waals surface area contributed by atoms with Crippen molar-refractivity contribution >= 4 is 0 Å². The van der Waals surface area contributed by atoms with Crippen molar-refractivity contribution in [2.24, 2.45) is 0 Å². The van der Waals surface area contributed by atoms with Crippen molar-refractivity contribution in [3.63, 3.8) is 0 Å². The molecule has 52 valence electrons. The van der Waals surface area contributed by atoms with E-state index in [1.165, 1.54) is 0 Å². The third kappa shape index (κ3) is 0.942. The minimum atomic E-state index is -1.20. The van der Waals surface area contributed by atoms with Crippen molar-refractivity contribution in [1.82, 2.24) is 0 Å². The highest BCUT2D eigenvalue weighted by atomic mass is 14.1. The summed E-state index contributed by atoms with van der Waals surface area (Å²) in [5.41, 5.74) is 0.00833. The molecule has 0 aliphatic heterocycles. The summed E-state index contributed by atoms with van der Waals surface area (Å²) in [6.45, 7) is 0. The lowest BCUT2D eigenvalue weighted by atomic mass is 9.92. The summed E-state index contributed by atoms with van der Waals surface area (Å²) >= 11 is 0. The SMILES string of the molecule is [2H]c1c([2H])c([2H])c2c(c1[2H])C([2H])C([2H])C([2H])C2[2H]. The summed E-state index contributed by atoms with van der Waals surface area (Å²) in [5, 5.41) is 0. The van der Waals surface area contributed by atoms with Gasteiger partial charge in [0, 0.05) is 5.48 Å². The number of hydrogen-bond donors (Lipinski definition) is 0. The molecule has 0 bridgehead atoms. The van der Waals surface area contributed by atoms with Gasteiger partial charge >= 0.3 is 0 Å². The number of rotatable bonds is 0. The average Bonchev–Trinajstić information content (AvgIpc) is 2.35. The van der Waals surface area contributed by atoms with Gasteiger partial charge in [-0.05, 0) is 36.7 Å². The first kappa shape index (κ1) is 1.88. The Morgan fingerprint density at radius 2 is 1.60 bits per heavy atom. The van der Waals surface area contributed by atoms with E-state index in [1.54, 1.807) is 0 Å². The molecular formula is C10H12. The molecule has 0 amide bonds. The molecule has 0 heteroatoms. The van der Waals surface area contributed by atoms with Crippen molar-refractivity contribution < 1.29 is 11.0 Å². The first-order valence-electron chi connectivity index (χ1n) is 7.39. The zero-order chi connectivity index (χ0) is 13.8. The van der Waals surface area contributed by atoms with Gasteiger partial charge in [-0.2, -0.15) is 0 Å². The normalized spacial score (nSPS) is 57.2. The smallest absolute Gasteiger partial charge is 0.0620 e. The Labute approximate surface area is 73.1 Å². The molecule has 0 heterocycles. The highest BCUT2D eigenvalue weighted by Crippen LogP contribution is 2.19. The van der Waals surface area contributed by atoms with E-state index in [0.717, 1.165) is 0 Å². The Bertz CT molecular complexity index is 454. The molecule has 10 heavy (non-hydrogen) atoms. The third-order valence-corrected chi connectivity index (χ3v) is 1.38. The van der Waals surface area contributed by atoms with Crippen LogP contribution in [0.3, 0.4) is 0 Å². The number of fused-ring (bicyclic) bond motifs is 1. The Morgan fingerprint density at radius 1 is 1.10 bits per heavy atom. The predicted octanol–water partition coefficient (Wildman–Crippen LogP) is 2.57. The molecule has 0 radical (unpaired) electrons. The summed E-state index contributed by atoms with van der Waals surface area (Å²) in [6, 6.07) is -1.60. The first-order chi connectivity index (χ1) is 8.29. The van der Waals surface area contributed by atoms with E-state index in [0.29, 0.717) is 0 Å². The molecule has 0 saturated heterocycles. The Balaban J connectivity index is 2.80. The second-order valence-corrected chi connectivity index (χ2v) is 2.05. The first-order valence-corrected chi connectivity index (χ1v) is 3.08. The number of benzene rings is 1. The predicted molar refractivity (Wildman–Crippen MR) is 43.1 cm³/mol. The van der Waals surface area contributed by atoms with Gasteiger partial charge in [0.05, 0.1) is 5.48 Å². The molecule has 0 aromatic heterocycles. The van der Waals surface area contributed by atoms with Gasteiger partial charge in [0.1, 0.15) is 0 Å². The summed E-state index contributed by atoms with van der Waals surface area (Å²) < 4.78 is 61.7. The van der Waals surface area contributed by atoms with Crippen molar-refractivity contribution in [3.05, 3.63) is 35.3 Å². The van der Waals surface area contributed by atoms with Crippen LogP contribution in [0.25, 0.3) is 0 Å². The fourth-order valence-corrected chi connectivity index (χ4v) is 0.898. The van der Waals surface area contributed by atoms with E-state index >= 15 is 0 Å². The zero-order valence-corrected chi connectivity index (χ0v) is 5.31. The van der Waals surface area contributed by atoms with Crippen molar-refractivity contribution in [1.29, 1.82) is 0 Å². The van der Waals surface area contributed by atoms with E-state index in [2.05, 4.69) is 0 Å². The highest BCUT2D eigenvalue weighted by molar-refractivity contribution is 5.28. The molecule has 1 aliphatic carbocycles. The maximum absolute atomic E-state index is 7.85. The largest absolute Gasteiger partial charge is 0.0626 e. The van der Waals surface area contributed by atoms with Crippen LogP contribution < -0.4 is 0 Å². The van der Waals surface area contributed by atoms with Gasteiger partial charge in [0.15, 0.2) is 0 Å². The lowest BCUT2D eigenvalue weighted by Crippen LogP contribution is -2.00. The number of hydrogen-bond acceptors (Lipinski definition) is 0. The van der Waals surface area contributed by atoms with Crippen LogP contribution in [0.5, 0.6) is 0 Å². The van der Waals surface area contributed by atoms with Gasteiger partial charge in [-0.1, -0.05) is 24.2 Å². The van der Waals surface area contributed by atoms with Crippen LogP contribution in [0.15, 0.2) is 24.2 Å². The van der Waals surface area contributed by atoms with Crippen LogP contribution in [0.2, 0.25) is 0 Å². The molecule has 2 rings (SSSR count). The molecule has 0 nitrogen and oxygen atoms in total. The summed E-state index contributed by atoms with van der Waals surface area (Å²) in [6.07, 6.45) is -4.74. The summed E-state index contributed by atoms with van der Waals surface area (Å²) in [4.78, 5) is 0. The average molecular weight is 140 g/mol. The van der Waals surface area contributed by atoms with Gasteiger partial charge in [-0.15, -0.1) is 0 Å². The van der Waals surface area contributed by atoms with E-state index in [-0.39, 0.29) is 23.2 Å². The quantitative estimate of drug-likeness (QED) is 0.519. The summed E-state index contributed by atoms with van der Waals surface area (Å²) in [5.74, 6) is 0. The third-order valence-electron chi connectivity index (χ3n) is 1.38. The second-order valence-electron chi connectivity index (χ2n) is 2.05. The van der Waals surface area contributed by atoms with Gasteiger partial charge in [0.2, 0.25) is 0 Å². The molecular weight excluding hydrogens is 120 g/mol. The second kappa shape index (κ2) is 2.45. The van der Waals surface area contributed by atoms with Crippen molar-refractivity contribution in [2.75, 3.05) is 0 Å². The van der Waals surface area contributed by atoms with Crippen molar-refractivity contribution in [2.45, 2.75) is 25.6 Å². The standard InChI is InChI=1S/C10H12/c1-2-6-10-8-4-3-7-9(10)5-1/h1-2,5-6H,3-4,7-8H2/i1D,2D,3D,4D,5D,6D,7D,8D. The molecule has 4 unspecified atom stereocenters. The van der Waals surface area contributed by atoms with E-state index in [1.807, 2.05) is 0 Å². The minimum absolute atomic E-state index is 0.00417. The van der Waals surface area contributed by atoms with E-state index in [9.17, 15) is 0 Å².